The van der Waals surface area contributed by atoms with Crippen molar-refractivity contribution in [3.8, 4) is 0 Å². The summed E-state index contributed by atoms with van der Waals surface area (Å²) in [4.78, 5) is 27.4. The second kappa shape index (κ2) is 6.43. The summed E-state index contributed by atoms with van der Waals surface area (Å²) in [5.74, 6) is -0.865. The maximum absolute atomic E-state index is 12.6. The van der Waals surface area contributed by atoms with Crippen molar-refractivity contribution in [3.05, 3.63) is 0 Å². The van der Waals surface area contributed by atoms with Gasteiger partial charge in [-0.2, -0.15) is 0 Å². The highest BCUT2D eigenvalue weighted by Gasteiger charge is 2.39. The predicted molar refractivity (Wildman–Crippen MR) is 75.6 cm³/mol. The number of nitrogens with one attached hydrogen (secondary N) is 1. The van der Waals surface area contributed by atoms with Crippen LogP contribution in [0.3, 0.4) is 0 Å². The lowest BCUT2D eigenvalue weighted by Crippen LogP contribution is -2.57. The Hall–Kier alpha value is -1.30. The number of carbonyl (C=O) groups is 2. The maximum Gasteiger partial charge on any atom is 0.326 e. The Labute approximate surface area is 120 Å². The largest absolute Gasteiger partial charge is 0.480 e. The summed E-state index contributed by atoms with van der Waals surface area (Å²) in [6, 6.07) is -0.591. The summed E-state index contributed by atoms with van der Waals surface area (Å²) in [6.45, 7) is 4.31. The van der Waals surface area contributed by atoms with Crippen LogP contribution in [0.2, 0.25) is 0 Å². The zero-order chi connectivity index (χ0) is 14.7. The van der Waals surface area contributed by atoms with Crippen LogP contribution in [0.1, 0.15) is 32.6 Å². The van der Waals surface area contributed by atoms with Crippen molar-refractivity contribution >= 4 is 12.0 Å². The molecule has 2 rings (SSSR count). The van der Waals surface area contributed by atoms with Crippen molar-refractivity contribution in [1.82, 2.24) is 15.1 Å². The number of amides is 2. The number of nitrogens with zero attached hydrogens (tertiary/aromatic N) is 2. The highest BCUT2D eigenvalue weighted by molar-refractivity contribution is 5.83. The summed E-state index contributed by atoms with van der Waals surface area (Å²) in [6.07, 6.45) is 3.63. The molecule has 2 N–H and O–H groups in total. The molecule has 0 radical (unpaired) electrons. The van der Waals surface area contributed by atoms with Crippen molar-refractivity contribution in [1.29, 1.82) is 0 Å². The van der Waals surface area contributed by atoms with Crippen LogP contribution < -0.4 is 5.32 Å². The number of aliphatic carboxylic acids is 1. The van der Waals surface area contributed by atoms with E-state index in [4.69, 9.17) is 0 Å². The van der Waals surface area contributed by atoms with Crippen molar-refractivity contribution in [2.75, 3.05) is 26.7 Å². The molecule has 2 amide bonds. The molecule has 2 aliphatic rings. The lowest BCUT2D eigenvalue weighted by molar-refractivity contribution is -0.145. The third-order valence-corrected chi connectivity index (χ3v) is 4.59. The fraction of sp³-hybridized carbons (Fsp3) is 0.857. The third kappa shape index (κ3) is 3.06. The second-order valence-corrected chi connectivity index (χ2v) is 5.97. The van der Waals surface area contributed by atoms with Gasteiger partial charge in [-0.05, 0) is 44.7 Å². The van der Waals surface area contributed by atoms with E-state index in [0.717, 1.165) is 38.8 Å². The SMILES string of the molecule is CC1CCCN(C(=O)N(C)C2CCNCC2)C1C(=O)O. The number of carbonyl (C=O) groups excluding carboxylic acids is 1. The first-order valence-corrected chi connectivity index (χ1v) is 7.49. The molecular weight excluding hydrogens is 258 g/mol. The van der Waals surface area contributed by atoms with E-state index < -0.39 is 12.0 Å². The van der Waals surface area contributed by atoms with E-state index in [1.807, 2.05) is 6.92 Å². The van der Waals surface area contributed by atoms with Gasteiger partial charge in [0, 0.05) is 19.6 Å². The number of hydrogen-bond acceptors (Lipinski definition) is 3. The molecule has 2 unspecified atom stereocenters. The number of likely N-dealkylation sites (tertiary alicyclic amines) is 1. The quantitative estimate of drug-likeness (QED) is 0.792. The lowest BCUT2D eigenvalue weighted by atomic mass is 9.91. The summed E-state index contributed by atoms with van der Waals surface area (Å²) < 4.78 is 0. The molecule has 2 aliphatic heterocycles. The molecule has 0 aromatic rings. The topological polar surface area (TPSA) is 72.9 Å². The van der Waals surface area contributed by atoms with E-state index in [0.29, 0.717) is 6.54 Å². The van der Waals surface area contributed by atoms with Crippen LogP contribution in [0.5, 0.6) is 0 Å². The molecule has 114 valence electrons. The molecule has 0 saturated carbocycles. The van der Waals surface area contributed by atoms with Gasteiger partial charge >= 0.3 is 12.0 Å². The number of carboxylic acid groups (broad SMARTS) is 1. The van der Waals surface area contributed by atoms with Gasteiger partial charge in [0.25, 0.3) is 0 Å². The van der Waals surface area contributed by atoms with Crippen LogP contribution in [0.15, 0.2) is 0 Å². The first kappa shape index (κ1) is 15.1. The van der Waals surface area contributed by atoms with Crippen molar-refractivity contribution < 1.29 is 14.7 Å². The van der Waals surface area contributed by atoms with E-state index >= 15 is 0 Å². The molecule has 0 aliphatic carbocycles. The van der Waals surface area contributed by atoms with Crippen molar-refractivity contribution in [2.24, 2.45) is 5.92 Å². The monoisotopic (exact) mass is 283 g/mol. The highest BCUT2D eigenvalue weighted by Crippen LogP contribution is 2.25. The molecule has 2 saturated heterocycles. The van der Waals surface area contributed by atoms with E-state index in [1.165, 1.54) is 0 Å². The van der Waals surface area contributed by atoms with Gasteiger partial charge < -0.3 is 20.2 Å². The van der Waals surface area contributed by atoms with Crippen LogP contribution in [0.25, 0.3) is 0 Å². The molecule has 2 atom stereocenters. The van der Waals surface area contributed by atoms with Gasteiger partial charge in [-0.25, -0.2) is 9.59 Å². The first-order chi connectivity index (χ1) is 9.52. The number of rotatable bonds is 2. The van der Waals surface area contributed by atoms with Gasteiger partial charge in [-0.3, -0.25) is 0 Å². The van der Waals surface area contributed by atoms with Crippen LogP contribution in [-0.2, 0) is 4.79 Å². The standard InChI is InChI=1S/C14H25N3O3/c1-10-4-3-9-17(12(10)13(18)19)14(20)16(2)11-5-7-15-8-6-11/h10-12,15H,3-9H2,1-2H3,(H,18,19). The number of hydrogen-bond donors (Lipinski definition) is 2. The lowest BCUT2D eigenvalue weighted by Gasteiger charge is -2.41. The van der Waals surface area contributed by atoms with Crippen LogP contribution in [0.4, 0.5) is 4.79 Å². The molecule has 0 aromatic carbocycles. The van der Waals surface area contributed by atoms with Gasteiger partial charge in [0.05, 0.1) is 0 Å². The summed E-state index contributed by atoms with van der Waals surface area (Å²) in [7, 11) is 1.80. The van der Waals surface area contributed by atoms with Gasteiger partial charge in [-0.1, -0.05) is 6.92 Å². The van der Waals surface area contributed by atoms with Crippen LogP contribution >= 0.6 is 0 Å². The average molecular weight is 283 g/mol. The van der Waals surface area contributed by atoms with Gasteiger partial charge in [0.2, 0.25) is 0 Å². The Morgan fingerprint density at radius 3 is 2.50 bits per heavy atom. The summed E-state index contributed by atoms with van der Waals surface area (Å²) >= 11 is 0. The van der Waals surface area contributed by atoms with Crippen molar-refractivity contribution in [3.63, 3.8) is 0 Å². The molecule has 2 heterocycles. The molecule has 2 fully saturated rings. The van der Waals surface area contributed by atoms with E-state index in [-0.39, 0.29) is 18.0 Å². The fourth-order valence-corrected chi connectivity index (χ4v) is 3.33. The van der Waals surface area contributed by atoms with Crippen LogP contribution in [0, 0.1) is 5.92 Å². The fourth-order valence-electron chi connectivity index (χ4n) is 3.33. The zero-order valence-corrected chi connectivity index (χ0v) is 12.3. The van der Waals surface area contributed by atoms with E-state index in [9.17, 15) is 14.7 Å². The van der Waals surface area contributed by atoms with Gasteiger partial charge in [0.1, 0.15) is 6.04 Å². The Kier molecular flexibility index (Phi) is 4.86. The van der Waals surface area contributed by atoms with Crippen LogP contribution in [-0.4, -0.2) is 65.7 Å². The number of carboxylic acids is 1. The van der Waals surface area contributed by atoms with E-state index in [1.54, 1.807) is 16.8 Å². The third-order valence-electron chi connectivity index (χ3n) is 4.59. The smallest absolute Gasteiger partial charge is 0.326 e. The second-order valence-electron chi connectivity index (χ2n) is 5.97. The Bertz CT molecular complexity index is 369. The molecule has 0 aromatic heterocycles. The highest BCUT2D eigenvalue weighted by atomic mass is 16.4. The Balaban J connectivity index is 2.07. The Morgan fingerprint density at radius 2 is 1.90 bits per heavy atom. The summed E-state index contributed by atoms with van der Waals surface area (Å²) in [5, 5.41) is 12.7. The summed E-state index contributed by atoms with van der Waals surface area (Å²) in [5.41, 5.74) is 0. The van der Waals surface area contributed by atoms with Gasteiger partial charge in [-0.15, -0.1) is 0 Å². The number of urea groups is 1. The normalized spacial score (nSPS) is 28.2. The number of piperidine rings is 2. The zero-order valence-electron chi connectivity index (χ0n) is 12.3. The Morgan fingerprint density at radius 1 is 1.25 bits per heavy atom. The van der Waals surface area contributed by atoms with E-state index in [2.05, 4.69) is 5.32 Å². The molecule has 6 heteroatoms. The molecule has 6 nitrogen and oxygen atoms in total. The molecular formula is C14H25N3O3. The van der Waals surface area contributed by atoms with Crippen molar-refractivity contribution in [2.45, 2.75) is 44.7 Å². The minimum atomic E-state index is -0.885. The first-order valence-electron chi connectivity index (χ1n) is 7.49. The molecule has 0 spiro atoms. The molecule has 20 heavy (non-hydrogen) atoms. The maximum atomic E-state index is 12.6. The molecule has 0 bridgehead atoms. The van der Waals surface area contributed by atoms with Gasteiger partial charge in [0.15, 0.2) is 0 Å². The average Bonchev–Trinajstić information content (AvgIpc) is 2.46. The minimum absolute atomic E-state index is 0.0200. The predicted octanol–water partition coefficient (Wildman–Crippen LogP) is 0.975. The minimum Gasteiger partial charge on any atom is -0.480 e.